The lowest BCUT2D eigenvalue weighted by Crippen LogP contribution is -2.50. The molecule has 0 spiro atoms. The van der Waals surface area contributed by atoms with E-state index in [0.717, 1.165) is 51.4 Å². The van der Waals surface area contributed by atoms with Gasteiger partial charge in [0.15, 0.2) is 0 Å². The minimum absolute atomic E-state index is 0.384. The van der Waals surface area contributed by atoms with E-state index in [-0.39, 0.29) is 0 Å². The number of fused-ring (bicyclic) bond motifs is 1. The number of nitrogens with zero attached hydrogens (tertiary/aromatic N) is 3. The second-order valence-corrected chi connectivity index (χ2v) is 6.79. The molecule has 0 aromatic carbocycles. The maximum absolute atomic E-state index is 5.78. The molecule has 1 aromatic heterocycles. The van der Waals surface area contributed by atoms with Crippen molar-refractivity contribution in [1.29, 1.82) is 0 Å². The molecule has 1 aromatic rings. The lowest BCUT2D eigenvalue weighted by Gasteiger charge is -2.41. The first-order valence-electron chi connectivity index (χ1n) is 8.62. The van der Waals surface area contributed by atoms with E-state index in [1.807, 2.05) is 7.11 Å². The zero-order valence-corrected chi connectivity index (χ0v) is 14.6. The van der Waals surface area contributed by atoms with Gasteiger partial charge in [0.25, 0.3) is 0 Å². The van der Waals surface area contributed by atoms with Crippen molar-refractivity contribution in [2.24, 2.45) is 5.92 Å². The highest BCUT2D eigenvalue weighted by Crippen LogP contribution is 2.33. The number of hydrogen-bond acceptors (Lipinski definition) is 5. The number of aromatic nitrogens is 1. The molecule has 3 atom stereocenters. The first kappa shape index (κ1) is 16.8. The van der Waals surface area contributed by atoms with Crippen LogP contribution in [0.15, 0.2) is 18.2 Å². The highest BCUT2D eigenvalue weighted by molar-refractivity contribution is 5.11. The fourth-order valence-electron chi connectivity index (χ4n) is 4.11. The fraction of sp³-hybridized carbons (Fsp3) is 0.722. The van der Waals surface area contributed by atoms with Crippen LogP contribution in [0, 0.1) is 12.8 Å². The van der Waals surface area contributed by atoms with Gasteiger partial charge in [-0.1, -0.05) is 6.07 Å². The molecule has 5 heteroatoms. The molecule has 0 bridgehead atoms. The molecule has 2 aliphatic rings. The van der Waals surface area contributed by atoms with Crippen LogP contribution >= 0.6 is 0 Å². The Labute approximate surface area is 139 Å². The van der Waals surface area contributed by atoms with Gasteiger partial charge in [-0.25, -0.2) is 0 Å². The van der Waals surface area contributed by atoms with Crippen molar-refractivity contribution in [3.63, 3.8) is 0 Å². The third-order valence-electron chi connectivity index (χ3n) is 5.28. The SMILES string of the molecule is COCCN1C[C@@H]2[C@@H](OC)CCN(Cc3cccc(C)n3)[C@@H]2C1. The lowest BCUT2D eigenvalue weighted by molar-refractivity contribution is -0.0248. The van der Waals surface area contributed by atoms with Crippen molar-refractivity contribution in [3.8, 4) is 0 Å². The van der Waals surface area contributed by atoms with Crippen LogP contribution in [-0.2, 0) is 16.0 Å². The van der Waals surface area contributed by atoms with Crippen LogP contribution in [0.3, 0.4) is 0 Å². The smallest absolute Gasteiger partial charge is 0.0639 e. The van der Waals surface area contributed by atoms with E-state index >= 15 is 0 Å². The first-order valence-corrected chi connectivity index (χ1v) is 8.62. The zero-order valence-electron chi connectivity index (χ0n) is 14.6. The molecule has 2 aliphatic heterocycles. The number of methoxy groups -OCH3 is 2. The minimum atomic E-state index is 0.384. The van der Waals surface area contributed by atoms with Crippen LogP contribution in [0.4, 0.5) is 0 Å². The Bertz CT molecular complexity index is 511. The third kappa shape index (κ3) is 3.91. The summed E-state index contributed by atoms with van der Waals surface area (Å²) in [4.78, 5) is 9.81. The van der Waals surface area contributed by atoms with Crippen molar-refractivity contribution >= 4 is 0 Å². The Morgan fingerprint density at radius 3 is 2.87 bits per heavy atom. The molecule has 2 fully saturated rings. The highest BCUT2D eigenvalue weighted by Gasteiger charge is 2.44. The van der Waals surface area contributed by atoms with Crippen LogP contribution in [0.5, 0.6) is 0 Å². The average Bonchev–Trinajstić information content (AvgIpc) is 2.98. The van der Waals surface area contributed by atoms with Gasteiger partial charge in [-0.2, -0.15) is 0 Å². The predicted molar refractivity (Wildman–Crippen MR) is 90.4 cm³/mol. The van der Waals surface area contributed by atoms with Gasteiger partial charge in [0.05, 0.1) is 18.4 Å². The summed E-state index contributed by atoms with van der Waals surface area (Å²) >= 11 is 0. The van der Waals surface area contributed by atoms with Crippen molar-refractivity contribution in [3.05, 3.63) is 29.6 Å². The maximum Gasteiger partial charge on any atom is 0.0639 e. The molecule has 23 heavy (non-hydrogen) atoms. The number of hydrogen-bond donors (Lipinski definition) is 0. The molecule has 0 unspecified atom stereocenters. The molecule has 3 heterocycles. The van der Waals surface area contributed by atoms with Gasteiger partial charge in [-0.3, -0.25) is 14.8 Å². The number of likely N-dealkylation sites (tertiary alicyclic amines) is 2. The molecule has 128 valence electrons. The number of rotatable bonds is 6. The summed E-state index contributed by atoms with van der Waals surface area (Å²) in [5.41, 5.74) is 2.27. The van der Waals surface area contributed by atoms with E-state index in [0.29, 0.717) is 18.1 Å². The van der Waals surface area contributed by atoms with Crippen LogP contribution in [-0.4, -0.2) is 73.9 Å². The van der Waals surface area contributed by atoms with E-state index < -0.39 is 0 Å². The monoisotopic (exact) mass is 319 g/mol. The van der Waals surface area contributed by atoms with E-state index in [1.165, 1.54) is 5.69 Å². The number of ether oxygens (including phenoxy) is 2. The van der Waals surface area contributed by atoms with Gasteiger partial charge in [-0.15, -0.1) is 0 Å². The molecule has 3 rings (SSSR count). The molecule has 5 nitrogen and oxygen atoms in total. The summed E-state index contributed by atoms with van der Waals surface area (Å²) in [5.74, 6) is 0.593. The van der Waals surface area contributed by atoms with Gasteiger partial charge in [0.2, 0.25) is 0 Å². The van der Waals surface area contributed by atoms with Crippen molar-refractivity contribution in [2.75, 3.05) is 47.0 Å². The van der Waals surface area contributed by atoms with Crippen LogP contribution in [0.25, 0.3) is 0 Å². The van der Waals surface area contributed by atoms with Gasteiger partial charge in [0.1, 0.15) is 0 Å². The number of piperidine rings is 1. The second-order valence-electron chi connectivity index (χ2n) is 6.79. The molecule has 0 saturated carbocycles. The molecule has 0 radical (unpaired) electrons. The first-order chi connectivity index (χ1) is 11.2. The summed E-state index contributed by atoms with van der Waals surface area (Å²) in [6, 6.07) is 6.87. The van der Waals surface area contributed by atoms with Crippen LogP contribution in [0.1, 0.15) is 17.8 Å². The van der Waals surface area contributed by atoms with E-state index in [9.17, 15) is 0 Å². The minimum Gasteiger partial charge on any atom is -0.383 e. The van der Waals surface area contributed by atoms with E-state index in [2.05, 4.69) is 39.9 Å². The fourth-order valence-corrected chi connectivity index (χ4v) is 4.11. The highest BCUT2D eigenvalue weighted by atomic mass is 16.5. The van der Waals surface area contributed by atoms with Crippen molar-refractivity contribution in [1.82, 2.24) is 14.8 Å². The normalized spacial score (nSPS) is 28.9. The third-order valence-corrected chi connectivity index (χ3v) is 5.28. The Balaban J connectivity index is 1.69. The van der Waals surface area contributed by atoms with Crippen LogP contribution < -0.4 is 0 Å². The van der Waals surface area contributed by atoms with E-state index in [1.54, 1.807) is 7.11 Å². The van der Waals surface area contributed by atoms with Crippen molar-refractivity contribution < 1.29 is 9.47 Å². The zero-order chi connectivity index (χ0) is 16.2. The maximum atomic E-state index is 5.78. The topological polar surface area (TPSA) is 37.8 Å². The van der Waals surface area contributed by atoms with Gasteiger partial charge < -0.3 is 9.47 Å². The molecule has 0 amide bonds. The molecule has 0 aliphatic carbocycles. The summed E-state index contributed by atoms with van der Waals surface area (Å²) in [6.07, 6.45) is 1.50. The standard InChI is InChI=1S/C18H29N3O2/c1-14-5-4-6-15(19-14)11-21-8-7-18(23-3)16-12-20(9-10-22-2)13-17(16)21/h4-6,16-18H,7-13H2,1-3H3/t16-,17+,18-/m0/s1. The Kier molecular flexibility index (Phi) is 5.64. The second kappa shape index (κ2) is 7.71. The molecular weight excluding hydrogens is 290 g/mol. The summed E-state index contributed by atoms with van der Waals surface area (Å²) in [7, 11) is 3.63. The quantitative estimate of drug-likeness (QED) is 0.795. The lowest BCUT2D eigenvalue weighted by atomic mass is 9.89. The number of pyridine rings is 1. The van der Waals surface area contributed by atoms with Crippen LogP contribution in [0.2, 0.25) is 0 Å². The van der Waals surface area contributed by atoms with Gasteiger partial charge in [0, 0.05) is 64.6 Å². The summed E-state index contributed by atoms with van der Waals surface area (Å²) < 4.78 is 11.0. The molecule has 0 N–H and O–H groups in total. The van der Waals surface area contributed by atoms with Crippen molar-refractivity contribution in [2.45, 2.75) is 32.0 Å². The van der Waals surface area contributed by atoms with Gasteiger partial charge >= 0.3 is 0 Å². The van der Waals surface area contributed by atoms with E-state index in [4.69, 9.17) is 9.47 Å². The van der Waals surface area contributed by atoms with Gasteiger partial charge in [-0.05, 0) is 25.5 Å². The number of aryl methyl sites for hydroxylation is 1. The largest absolute Gasteiger partial charge is 0.383 e. The molecular formula is C18H29N3O2. The molecule has 2 saturated heterocycles. The summed E-state index contributed by atoms with van der Waals surface area (Å²) in [6.45, 7) is 8.13. The Morgan fingerprint density at radius 1 is 1.26 bits per heavy atom. The average molecular weight is 319 g/mol. The Hall–Kier alpha value is -1.01. The Morgan fingerprint density at radius 2 is 2.13 bits per heavy atom. The predicted octanol–water partition coefficient (Wildman–Crippen LogP) is 1.56. The summed E-state index contributed by atoms with van der Waals surface area (Å²) in [5, 5.41) is 0.